The molecule has 1 aliphatic rings. The third-order valence-corrected chi connectivity index (χ3v) is 5.20. The van der Waals surface area contributed by atoms with E-state index in [1.54, 1.807) is 31.4 Å². The van der Waals surface area contributed by atoms with Crippen molar-refractivity contribution < 1.29 is 19.0 Å². The first-order valence-corrected chi connectivity index (χ1v) is 9.60. The monoisotopic (exact) mass is 483 g/mol. The van der Waals surface area contributed by atoms with Gasteiger partial charge in [0.1, 0.15) is 4.99 Å². The van der Waals surface area contributed by atoms with Gasteiger partial charge in [-0.05, 0) is 65.1 Å². The number of esters is 1. The summed E-state index contributed by atoms with van der Waals surface area (Å²) in [6, 6.07) is 12.5. The maximum atomic E-state index is 12.3. The molecule has 2 aromatic carbocycles. The van der Waals surface area contributed by atoms with E-state index in [2.05, 4.69) is 27.5 Å². The van der Waals surface area contributed by atoms with Gasteiger partial charge in [-0.1, -0.05) is 12.2 Å². The Balaban J connectivity index is 1.77. The number of hydrogen-bond acceptors (Lipinski definition) is 5. The molecule has 0 unspecified atom stereocenters. The summed E-state index contributed by atoms with van der Waals surface area (Å²) in [5.41, 5.74) is 1.34. The maximum Gasteiger partial charge on any atom is 0.343 e. The van der Waals surface area contributed by atoms with E-state index in [1.807, 2.05) is 18.2 Å². The number of halogens is 1. The van der Waals surface area contributed by atoms with Crippen molar-refractivity contribution in [1.82, 2.24) is 4.90 Å². The Kier molecular flexibility index (Phi) is 6.44. The predicted molar refractivity (Wildman–Crippen MR) is 111 cm³/mol. The minimum Gasteiger partial charge on any atom is -0.493 e. The lowest BCUT2D eigenvalue weighted by atomic mass is 10.1. The van der Waals surface area contributed by atoms with E-state index in [1.165, 1.54) is 0 Å². The topological polar surface area (TPSA) is 48.0 Å². The normalized spacial score (nSPS) is 14.0. The molecule has 0 N–H and O–H groups in total. The van der Waals surface area contributed by atoms with E-state index in [0.717, 1.165) is 27.2 Å². The average molecular weight is 483 g/mol. The van der Waals surface area contributed by atoms with Gasteiger partial charge in [-0.2, -0.15) is 0 Å². The number of benzene rings is 2. The molecule has 5 nitrogen and oxygen atoms in total. The summed E-state index contributed by atoms with van der Waals surface area (Å²) in [6.45, 7) is 2.88. The van der Waals surface area contributed by atoms with Gasteiger partial charge in [0.25, 0.3) is 0 Å². The van der Waals surface area contributed by atoms with Gasteiger partial charge in [0.05, 0.1) is 25.9 Å². The number of rotatable bonds is 4. The van der Waals surface area contributed by atoms with Crippen LogP contribution in [-0.4, -0.2) is 49.3 Å². The summed E-state index contributed by atoms with van der Waals surface area (Å²) in [7, 11) is 1.54. The minimum atomic E-state index is -0.428. The molecule has 0 saturated carbocycles. The van der Waals surface area contributed by atoms with Crippen molar-refractivity contribution in [3.8, 4) is 11.5 Å². The molecule has 7 heteroatoms. The summed E-state index contributed by atoms with van der Waals surface area (Å²) in [5, 5.41) is 0. The van der Waals surface area contributed by atoms with Gasteiger partial charge in [-0.15, -0.1) is 0 Å². The summed E-state index contributed by atoms with van der Waals surface area (Å²) < 4.78 is 17.3. The van der Waals surface area contributed by atoms with E-state index in [0.29, 0.717) is 30.3 Å². The maximum absolute atomic E-state index is 12.3. The highest BCUT2D eigenvalue weighted by atomic mass is 127. The lowest BCUT2D eigenvalue weighted by Crippen LogP contribution is -2.40. The zero-order chi connectivity index (χ0) is 18.5. The zero-order valence-electron chi connectivity index (χ0n) is 14.2. The lowest BCUT2D eigenvalue weighted by molar-refractivity contribution is 0.0692. The molecular formula is C19H18INO4S. The van der Waals surface area contributed by atoms with Crippen molar-refractivity contribution in [1.29, 1.82) is 0 Å². The van der Waals surface area contributed by atoms with Crippen molar-refractivity contribution >= 4 is 45.8 Å². The molecule has 136 valence electrons. The van der Waals surface area contributed by atoms with Gasteiger partial charge < -0.3 is 19.1 Å². The van der Waals surface area contributed by atoms with Crippen LogP contribution in [0.5, 0.6) is 11.5 Å². The summed E-state index contributed by atoms with van der Waals surface area (Å²) in [5.74, 6) is 0.407. The molecule has 2 aromatic rings. The fraction of sp³-hybridized carbons (Fsp3) is 0.263. The van der Waals surface area contributed by atoms with Gasteiger partial charge in [-0.3, -0.25) is 0 Å². The van der Waals surface area contributed by atoms with Gasteiger partial charge >= 0.3 is 5.97 Å². The second-order valence-electron chi connectivity index (χ2n) is 5.67. The van der Waals surface area contributed by atoms with Crippen LogP contribution in [0.4, 0.5) is 0 Å². The fourth-order valence-corrected chi connectivity index (χ4v) is 3.25. The summed E-state index contributed by atoms with van der Waals surface area (Å²) >= 11 is 7.76. The Bertz CT molecular complexity index is 804. The first kappa shape index (κ1) is 19.1. The van der Waals surface area contributed by atoms with E-state index in [4.69, 9.17) is 26.4 Å². The number of carbonyl (C=O) groups is 1. The van der Waals surface area contributed by atoms with Crippen LogP contribution in [0.15, 0.2) is 42.5 Å². The van der Waals surface area contributed by atoms with Gasteiger partial charge in [-0.25, -0.2) is 4.79 Å². The fourth-order valence-electron chi connectivity index (χ4n) is 2.58. The Hall–Kier alpha value is -1.71. The highest BCUT2D eigenvalue weighted by Crippen LogP contribution is 2.29. The van der Waals surface area contributed by atoms with E-state index < -0.39 is 5.97 Å². The Morgan fingerprint density at radius 1 is 1.08 bits per heavy atom. The highest BCUT2D eigenvalue weighted by molar-refractivity contribution is 14.1. The second kappa shape index (κ2) is 8.79. The number of carbonyl (C=O) groups excluding carboxylic acids is 1. The molecule has 1 heterocycles. The van der Waals surface area contributed by atoms with Crippen molar-refractivity contribution in [2.24, 2.45) is 0 Å². The molecular weight excluding hydrogens is 465 g/mol. The van der Waals surface area contributed by atoms with Crippen LogP contribution in [0.2, 0.25) is 0 Å². The van der Waals surface area contributed by atoms with E-state index >= 15 is 0 Å². The number of nitrogens with zero attached hydrogens (tertiary/aromatic N) is 1. The minimum absolute atomic E-state index is 0.365. The molecule has 0 radical (unpaired) electrons. The van der Waals surface area contributed by atoms with E-state index in [-0.39, 0.29) is 0 Å². The molecule has 0 aromatic heterocycles. The first-order chi connectivity index (χ1) is 12.6. The molecule has 0 spiro atoms. The van der Waals surface area contributed by atoms with Gasteiger partial charge in [0.2, 0.25) is 0 Å². The third-order valence-electron chi connectivity index (χ3n) is 3.99. The van der Waals surface area contributed by atoms with Crippen molar-refractivity contribution in [3.05, 3.63) is 57.2 Å². The lowest BCUT2D eigenvalue weighted by Gasteiger charge is -2.29. The average Bonchev–Trinajstić information content (AvgIpc) is 2.69. The van der Waals surface area contributed by atoms with Crippen molar-refractivity contribution in [2.45, 2.75) is 0 Å². The first-order valence-electron chi connectivity index (χ1n) is 8.11. The van der Waals surface area contributed by atoms with Crippen LogP contribution in [0.1, 0.15) is 15.9 Å². The number of methoxy groups -OCH3 is 1. The van der Waals surface area contributed by atoms with Crippen LogP contribution in [-0.2, 0) is 4.74 Å². The molecule has 0 bridgehead atoms. The summed E-state index contributed by atoms with van der Waals surface area (Å²) in [4.78, 5) is 15.2. The molecule has 1 fully saturated rings. The van der Waals surface area contributed by atoms with Crippen LogP contribution >= 0.6 is 34.8 Å². The quantitative estimate of drug-likeness (QED) is 0.287. The number of hydrogen-bond donors (Lipinski definition) is 0. The van der Waals surface area contributed by atoms with Crippen molar-refractivity contribution in [2.75, 3.05) is 33.4 Å². The number of morpholine rings is 1. The van der Waals surface area contributed by atoms with Crippen LogP contribution in [0, 0.1) is 3.57 Å². The largest absolute Gasteiger partial charge is 0.493 e. The standard InChI is InChI=1S/C19H18INO4S/c1-23-17-12-14(18(26)21-8-10-24-11-9-21)4-7-16(17)25-19(22)13-2-5-15(20)6-3-13/h2-7,12H,8-11H2,1H3. The van der Waals surface area contributed by atoms with Gasteiger partial charge in [0, 0.05) is 22.2 Å². The smallest absolute Gasteiger partial charge is 0.343 e. The second-order valence-corrected chi connectivity index (χ2v) is 7.30. The predicted octanol–water partition coefficient (Wildman–Crippen LogP) is 3.53. The highest BCUT2D eigenvalue weighted by Gasteiger charge is 2.18. The Labute approximate surface area is 171 Å². The number of thiocarbonyl (C=S) groups is 1. The molecule has 1 saturated heterocycles. The number of ether oxygens (including phenoxy) is 3. The SMILES string of the molecule is COc1cc(C(=S)N2CCOCC2)ccc1OC(=O)c1ccc(I)cc1. The Morgan fingerprint density at radius 3 is 2.38 bits per heavy atom. The van der Waals surface area contributed by atoms with Crippen molar-refractivity contribution in [3.63, 3.8) is 0 Å². The molecule has 0 aliphatic carbocycles. The Morgan fingerprint density at radius 2 is 1.73 bits per heavy atom. The van der Waals surface area contributed by atoms with Crippen LogP contribution in [0.25, 0.3) is 0 Å². The van der Waals surface area contributed by atoms with Gasteiger partial charge in [0.15, 0.2) is 11.5 Å². The van der Waals surface area contributed by atoms with E-state index in [9.17, 15) is 4.79 Å². The van der Waals surface area contributed by atoms with Crippen LogP contribution in [0.3, 0.4) is 0 Å². The zero-order valence-corrected chi connectivity index (χ0v) is 17.2. The third kappa shape index (κ3) is 4.52. The van der Waals surface area contributed by atoms with Crippen LogP contribution < -0.4 is 9.47 Å². The molecule has 1 aliphatic heterocycles. The molecule has 0 atom stereocenters. The summed E-state index contributed by atoms with van der Waals surface area (Å²) in [6.07, 6.45) is 0. The molecule has 3 rings (SSSR count). The molecule has 26 heavy (non-hydrogen) atoms. The molecule has 0 amide bonds.